The van der Waals surface area contributed by atoms with Gasteiger partial charge in [-0.2, -0.15) is 0 Å². The summed E-state index contributed by atoms with van der Waals surface area (Å²) in [7, 11) is 0. The molecule has 0 saturated heterocycles. The molecule has 166 valence electrons. The summed E-state index contributed by atoms with van der Waals surface area (Å²) in [5.74, 6) is 0.646. The van der Waals surface area contributed by atoms with E-state index in [1.807, 2.05) is 51.2 Å². The van der Waals surface area contributed by atoms with Crippen molar-refractivity contribution >= 4 is 21.9 Å². The number of aryl methyl sites for hydroxylation is 3. The van der Waals surface area contributed by atoms with Crippen molar-refractivity contribution in [1.82, 2.24) is 10.3 Å². The Morgan fingerprint density at radius 3 is 2.55 bits per heavy atom. The highest BCUT2D eigenvalue weighted by Crippen LogP contribution is 2.35. The first-order valence-electron chi connectivity index (χ1n) is 11.2. The van der Waals surface area contributed by atoms with Gasteiger partial charge >= 0.3 is 5.63 Å². The number of fused-ring (bicyclic) bond motifs is 2. The van der Waals surface area contributed by atoms with E-state index in [9.17, 15) is 4.79 Å². The minimum atomic E-state index is -0.385. The molecule has 0 amide bonds. The van der Waals surface area contributed by atoms with E-state index < -0.39 is 0 Å². The topological polar surface area (TPSA) is 68.3 Å². The Kier molecular flexibility index (Phi) is 5.56. The molecule has 0 bridgehead atoms. The zero-order chi connectivity index (χ0) is 22.9. The molecule has 5 rings (SSSR count). The Morgan fingerprint density at radius 1 is 0.909 bits per heavy atom. The largest absolute Gasteiger partial charge is 0.454 e. The van der Waals surface area contributed by atoms with Gasteiger partial charge in [0, 0.05) is 35.1 Å². The maximum atomic E-state index is 12.4. The fourth-order valence-corrected chi connectivity index (χ4v) is 4.24. The number of benzene rings is 2. The van der Waals surface area contributed by atoms with Crippen LogP contribution in [0.3, 0.4) is 0 Å². The van der Waals surface area contributed by atoms with Crippen LogP contribution in [0.2, 0.25) is 0 Å². The van der Waals surface area contributed by atoms with Gasteiger partial charge in [-0.1, -0.05) is 42.5 Å². The second-order valence-electron chi connectivity index (χ2n) is 8.50. The van der Waals surface area contributed by atoms with Gasteiger partial charge in [0.2, 0.25) is 0 Å². The maximum Gasteiger partial charge on any atom is 0.336 e. The summed E-state index contributed by atoms with van der Waals surface area (Å²) in [5, 5.41) is 5.39. The first-order valence-corrected chi connectivity index (χ1v) is 11.2. The standard InChI is InChI=1S/C28H26N2O3/c1-17-9-10-22-24(14-26(31)33-27(22)18(17)2)25-13-23-21(16-30-19(3)28(23)32-25)15-29-12-11-20-7-5-4-6-8-20/h4-10,13-14,16,29H,11-12,15H2,1-3H3. The van der Waals surface area contributed by atoms with Crippen LogP contribution in [0.4, 0.5) is 0 Å². The number of hydrogen-bond acceptors (Lipinski definition) is 5. The number of nitrogens with zero attached hydrogens (tertiary/aromatic N) is 1. The van der Waals surface area contributed by atoms with Gasteiger partial charge in [-0.15, -0.1) is 0 Å². The summed E-state index contributed by atoms with van der Waals surface area (Å²) in [6.07, 6.45) is 2.86. The van der Waals surface area contributed by atoms with E-state index >= 15 is 0 Å². The van der Waals surface area contributed by atoms with Crippen LogP contribution in [0, 0.1) is 20.8 Å². The van der Waals surface area contributed by atoms with Crippen LogP contribution in [0.25, 0.3) is 33.3 Å². The van der Waals surface area contributed by atoms with Crippen LogP contribution in [0.15, 0.2) is 74.4 Å². The van der Waals surface area contributed by atoms with E-state index in [2.05, 4.69) is 34.6 Å². The Labute approximate surface area is 192 Å². The van der Waals surface area contributed by atoms with Crippen LogP contribution in [0.1, 0.15) is 27.9 Å². The minimum absolute atomic E-state index is 0.385. The summed E-state index contributed by atoms with van der Waals surface area (Å²) in [6.45, 7) is 7.47. The minimum Gasteiger partial charge on any atom is -0.454 e. The van der Waals surface area contributed by atoms with Crippen molar-refractivity contribution in [2.45, 2.75) is 33.7 Å². The normalized spacial score (nSPS) is 11.5. The lowest BCUT2D eigenvalue weighted by atomic mass is 10.0. The fraction of sp³-hybridized carbons (Fsp3) is 0.214. The lowest BCUT2D eigenvalue weighted by Crippen LogP contribution is -2.17. The van der Waals surface area contributed by atoms with Gasteiger partial charge in [-0.25, -0.2) is 4.79 Å². The van der Waals surface area contributed by atoms with E-state index in [0.717, 1.165) is 57.3 Å². The molecule has 5 heteroatoms. The zero-order valence-corrected chi connectivity index (χ0v) is 19.1. The van der Waals surface area contributed by atoms with Crippen molar-refractivity contribution in [3.63, 3.8) is 0 Å². The van der Waals surface area contributed by atoms with Gasteiger partial charge in [0.05, 0.1) is 5.69 Å². The molecule has 5 nitrogen and oxygen atoms in total. The van der Waals surface area contributed by atoms with E-state index in [4.69, 9.17) is 8.83 Å². The summed E-state index contributed by atoms with van der Waals surface area (Å²) in [4.78, 5) is 16.9. The predicted molar refractivity (Wildman–Crippen MR) is 132 cm³/mol. The number of pyridine rings is 1. The van der Waals surface area contributed by atoms with Crippen molar-refractivity contribution < 1.29 is 8.83 Å². The van der Waals surface area contributed by atoms with Crippen molar-refractivity contribution in [1.29, 1.82) is 0 Å². The first-order chi connectivity index (χ1) is 16.0. The van der Waals surface area contributed by atoms with Crippen LogP contribution in [-0.4, -0.2) is 11.5 Å². The number of nitrogens with one attached hydrogen (secondary N) is 1. The summed E-state index contributed by atoms with van der Waals surface area (Å²) < 4.78 is 11.8. The third kappa shape index (κ3) is 4.08. The molecule has 0 atom stereocenters. The van der Waals surface area contributed by atoms with Gasteiger partial charge in [0.1, 0.15) is 11.3 Å². The molecule has 0 fully saturated rings. The van der Waals surface area contributed by atoms with Crippen molar-refractivity contribution in [3.8, 4) is 11.3 Å². The van der Waals surface area contributed by atoms with Crippen molar-refractivity contribution in [3.05, 3.63) is 99.2 Å². The highest BCUT2D eigenvalue weighted by atomic mass is 16.4. The van der Waals surface area contributed by atoms with E-state index in [0.29, 0.717) is 17.9 Å². The summed E-state index contributed by atoms with van der Waals surface area (Å²) in [5.41, 5.74) is 6.95. The van der Waals surface area contributed by atoms with E-state index in [1.165, 1.54) is 11.6 Å². The quantitative estimate of drug-likeness (QED) is 0.266. The monoisotopic (exact) mass is 438 g/mol. The molecule has 0 aliphatic heterocycles. The molecule has 2 aromatic carbocycles. The van der Waals surface area contributed by atoms with Crippen molar-refractivity contribution in [2.75, 3.05) is 6.54 Å². The molecule has 1 N–H and O–H groups in total. The second kappa shape index (κ2) is 8.68. The van der Waals surface area contributed by atoms with Crippen LogP contribution < -0.4 is 10.9 Å². The molecule has 33 heavy (non-hydrogen) atoms. The lowest BCUT2D eigenvalue weighted by molar-refractivity contribution is 0.557. The molecule has 0 radical (unpaired) electrons. The third-order valence-electron chi connectivity index (χ3n) is 6.27. The Balaban J connectivity index is 1.49. The smallest absolute Gasteiger partial charge is 0.336 e. The molecular formula is C28H26N2O3. The Bertz CT molecular complexity index is 1510. The molecule has 0 saturated carbocycles. The molecule has 0 spiro atoms. The number of furan rings is 1. The average molecular weight is 439 g/mol. The van der Waals surface area contributed by atoms with Crippen LogP contribution in [0.5, 0.6) is 0 Å². The van der Waals surface area contributed by atoms with Gasteiger partial charge in [0.25, 0.3) is 0 Å². The lowest BCUT2D eigenvalue weighted by Gasteiger charge is -2.07. The molecule has 0 aliphatic carbocycles. The SMILES string of the molecule is Cc1ccc2c(-c3cc4c(CNCCc5ccccc5)cnc(C)c4o3)cc(=O)oc2c1C. The Morgan fingerprint density at radius 2 is 1.73 bits per heavy atom. The first kappa shape index (κ1) is 21.2. The molecule has 0 unspecified atom stereocenters. The maximum absolute atomic E-state index is 12.4. The van der Waals surface area contributed by atoms with Gasteiger partial charge < -0.3 is 14.2 Å². The predicted octanol–water partition coefficient (Wildman–Crippen LogP) is 5.86. The van der Waals surface area contributed by atoms with E-state index in [1.54, 1.807) is 0 Å². The van der Waals surface area contributed by atoms with Crippen LogP contribution >= 0.6 is 0 Å². The highest BCUT2D eigenvalue weighted by Gasteiger charge is 2.17. The third-order valence-corrected chi connectivity index (χ3v) is 6.27. The number of hydrogen-bond donors (Lipinski definition) is 1. The Hall–Kier alpha value is -3.70. The zero-order valence-electron chi connectivity index (χ0n) is 19.1. The summed E-state index contributed by atoms with van der Waals surface area (Å²) in [6, 6.07) is 18.0. The average Bonchev–Trinajstić information content (AvgIpc) is 3.27. The molecule has 3 aromatic heterocycles. The molecular weight excluding hydrogens is 412 g/mol. The van der Waals surface area contributed by atoms with Gasteiger partial charge in [-0.3, -0.25) is 4.98 Å². The fourth-order valence-electron chi connectivity index (χ4n) is 4.24. The molecule has 0 aliphatic rings. The molecule has 3 heterocycles. The summed E-state index contributed by atoms with van der Waals surface area (Å²) >= 11 is 0. The van der Waals surface area contributed by atoms with Crippen molar-refractivity contribution in [2.24, 2.45) is 0 Å². The van der Waals surface area contributed by atoms with E-state index in [-0.39, 0.29) is 5.63 Å². The number of rotatable bonds is 6. The number of aromatic nitrogens is 1. The second-order valence-corrected chi connectivity index (χ2v) is 8.50. The highest BCUT2D eigenvalue weighted by molar-refractivity contribution is 5.97. The van der Waals surface area contributed by atoms with Crippen LogP contribution in [-0.2, 0) is 13.0 Å². The van der Waals surface area contributed by atoms with Gasteiger partial charge in [0.15, 0.2) is 5.58 Å². The van der Waals surface area contributed by atoms with Gasteiger partial charge in [-0.05, 0) is 62.1 Å². The molecule has 5 aromatic rings.